The van der Waals surface area contributed by atoms with Crippen molar-refractivity contribution < 1.29 is 14.3 Å². The number of nitrogens with zero attached hydrogens (tertiary/aromatic N) is 1. The van der Waals surface area contributed by atoms with Crippen molar-refractivity contribution in [3.8, 4) is 0 Å². The Morgan fingerprint density at radius 3 is 2.87 bits per heavy atom. The fourth-order valence-corrected chi connectivity index (χ4v) is 1.77. The summed E-state index contributed by atoms with van der Waals surface area (Å²) in [5.41, 5.74) is -0.458. The van der Waals surface area contributed by atoms with Gasteiger partial charge in [-0.05, 0) is 15.9 Å². The Morgan fingerprint density at radius 2 is 2.27 bits per heavy atom. The van der Waals surface area contributed by atoms with Crippen molar-refractivity contribution in [3.63, 3.8) is 0 Å². The van der Waals surface area contributed by atoms with Gasteiger partial charge in [0.05, 0.1) is 5.39 Å². The monoisotopic (exact) mass is 271 g/mol. The molecule has 1 N–H and O–H groups in total. The van der Waals surface area contributed by atoms with Gasteiger partial charge in [-0.2, -0.15) is 0 Å². The topological polar surface area (TPSA) is 72.4 Å². The highest BCUT2D eigenvalue weighted by Gasteiger charge is 2.16. The molecule has 0 radical (unpaired) electrons. The van der Waals surface area contributed by atoms with Crippen molar-refractivity contribution in [2.24, 2.45) is 7.05 Å². The number of aromatic carboxylic acids is 1. The molecule has 0 unspecified atom stereocenters. The van der Waals surface area contributed by atoms with E-state index in [2.05, 4.69) is 15.9 Å². The first-order chi connectivity index (χ1) is 7.00. The lowest BCUT2D eigenvalue weighted by Crippen LogP contribution is -2.16. The fraction of sp³-hybridized carbons (Fsp3) is 0.111. The van der Waals surface area contributed by atoms with Crippen LogP contribution in [0.5, 0.6) is 0 Å². The highest BCUT2D eigenvalue weighted by molar-refractivity contribution is 9.10. The Hall–Kier alpha value is -1.56. The average Bonchev–Trinajstić information content (AvgIpc) is 2.53. The Labute approximate surface area is 92.1 Å². The Bertz CT molecular complexity index is 610. The molecular weight excluding hydrogens is 266 g/mol. The molecule has 0 amide bonds. The van der Waals surface area contributed by atoms with Gasteiger partial charge < -0.3 is 14.1 Å². The molecule has 0 saturated heterocycles. The van der Waals surface area contributed by atoms with Crippen molar-refractivity contribution >= 4 is 33.0 Å². The lowest BCUT2D eigenvalue weighted by molar-refractivity contribution is 0.0695. The summed E-state index contributed by atoms with van der Waals surface area (Å²) in [4.78, 5) is 22.4. The van der Waals surface area contributed by atoms with Crippen LogP contribution < -0.4 is 5.43 Å². The molecule has 0 saturated carbocycles. The predicted octanol–water partition coefficient (Wildman–Crippen LogP) is 1.59. The minimum absolute atomic E-state index is 0.254. The third-order valence-electron chi connectivity index (χ3n) is 2.05. The van der Waals surface area contributed by atoms with Gasteiger partial charge in [0.2, 0.25) is 11.1 Å². The average molecular weight is 272 g/mol. The summed E-state index contributed by atoms with van der Waals surface area (Å²) in [6, 6.07) is 1.46. The highest BCUT2D eigenvalue weighted by Crippen LogP contribution is 2.20. The van der Waals surface area contributed by atoms with Gasteiger partial charge in [-0.25, -0.2) is 4.79 Å². The number of aromatic nitrogens is 1. The van der Waals surface area contributed by atoms with E-state index in [4.69, 9.17) is 9.52 Å². The summed E-state index contributed by atoms with van der Waals surface area (Å²) in [6.45, 7) is 0. The van der Waals surface area contributed by atoms with Gasteiger partial charge in [-0.3, -0.25) is 4.79 Å². The fourth-order valence-electron chi connectivity index (χ4n) is 1.39. The van der Waals surface area contributed by atoms with Gasteiger partial charge in [0.15, 0.2) is 4.67 Å². The molecule has 5 nitrogen and oxygen atoms in total. The standard InChI is InChI=1S/C9H6BrNO4/c1-11-3-5(9(13)14)7(12)4-2-6(10)15-8(4)11/h2-3H,1H3,(H,13,14). The third-order valence-corrected chi connectivity index (χ3v) is 2.44. The van der Waals surface area contributed by atoms with Crippen LogP contribution in [0.1, 0.15) is 10.4 Å². The molecule has 0 spiro atoms. The van der Waals surface area contributed by atoms with Crippen LogP contribution in [0.2, 0.25) is 0 Å². The molecule has 6 heteroatoms. The molecule has 0 atom stereocenters. The SMILES string of the molecule is Cn1cc(C(=O)O)c(=O)c2cc(Br)oc21. The number of furan rings is 1. The summed E-state index contributed by atoms with van der Waals surface area (Å²) in [6.07, 6.45) is 1.24. The van der Waals surface area contributed by atoms with Crippen molar-refractivity contribution in [2.75, 3.05) is 0 Å². The van der Waals surface area contributed by atoms with Gasteiger partial charge in [-0.1, -0.05) is 0 Å². The zero-order valence-corrected chi connectivity index (χ0v) is 9.24. The summed E-state index contributed by atoms with van der Waals surface area (Å²) in [5, 5.41) is 9.05. The molecule has 0 aliphatic carbocycles. The molecule has 0 aromatic carbocycles. The molecular formula is C9H6BrNO4. The van der Waals surface area contributed by atoms with Gasteiger partial charge in [0.1, 0.15) is 5.56 Å². The van der Waals surface area contributed by atoms with Crippen molar-refractivity contribution in [1.82, 2.24) is 4.57 Å². The lowest BCUT2D eigenvalue weighted by atomic mass is 10.2. The number of carboxylic acid groups (broad SMARTS) is 1. The third kappa shape index (κ3) is 1.46. The van der Waals surface area contributed by atoms with E-state index in [9.17, 15) is 9.59 Å². The molecule has 2 aromatic heterocycles. The second-order valence-electron chi connectivity index (χ2n) is 3.06. The van der Waals surface area contributed by atoms with Crippen LogP contribution in [0.25, 0.3) is 11.1 Å². The quantitative estimate of drug-likeness (QED) is 0.855. The largest absolute Gasteiger partial charge is 0.477 e. The summed E-state index contributed by atoms with van der Waals surface area (Å²) < 4.78 is 7.06. The van der Waals surface area contributed by atoms with Crippen molar-refractivity contribution in [1.29, 1.82) is 0 Å². The molecule has 0 fully saturated rings. The number of halogens is 1. The molecule has 0 aliphatic rings. The minimum atomic E-state index is -1.24. The van der Waals surface area contributed by atoms with E-state index in [-0.39, 0.29) is 10.9 Å². The van der Waals surface area contributed by atoms with Crippen LogP contribution in [0.4, 0.5) is 0 Å². The Morgan fingerprint density at radius 1 is 1.60 bits per heavy atom. The van der Waals surface area contributed by atoms with Gasteiger partial charge >= 0.3 is 5.97 Å². The summed E-state index contributed by atoms with van der Waals surface area (Å²) in [7, 11) is 1.62. The smallest absolute Gasteiger partial charge is 0.341 e. The number of rotatable bonds is 1. The maximum atomic E-state index is 11.7. The number of carbonyl (C=O) groups is 1. The van der Waals surface area contributed by atoms with Crippen molar-refractivity contribution in [2.45, 2.75) is 0 Å². The Balaban J connectivity index is 2.96. The van der Waals surface area contributed by atoms with E-state index in [0.717, 1.165) is 0 Å². The number of pyridine rings is 1. The molecule has 78 valence electrons. The predicted molar refractivity (Wildman–Crippen MR) is 56.1 cm³/mol. The van der Waals surface area contributed by atoms with Crippen LogP contribution in [-0.2, 0) is 7.05 Å². The highest BCUT2D eigenvalue weighted by atomic mass is 79.9. The number of carboxylic acids is 1. The van der Waals surface area contributed by atoms with E-state index in [1.807, 2.05) is 0 Å². The summed E-state index contributed by atoms with van der Waals surface area (Å²) >= 11 is 3.09. The van der Waals surface area contributed by atoms with Crippen LogP contribution in [0, 0.1) is 0 Å². The van der Waals surface area contributed by atoms with E-state index in [0.29, 0.717) is 10.4 Å². The molecule has 15 heavy (non-hydrogen) atoms. The van der Waals surface area contributed by atoms with Gasteiger partial charge in [0.25, 0.3) is 0 Å². The van der Waals surface area contributed by atoms with E-state index in [1.165, 1.54) is 16.8 Å². The number of aryl methyl sites for hydroxylation is 1. The zero-order valence-electron chi connectivity index (χ0n) is 7.65. The van der Waals surface area contributed by atoms with E-state index >= 15 is 0 Å². The number of fused-ring (bicyclic) bond motifs is 1. The number of hydrogen-bond acceptors (Lipinski definition) is 3. The van der Waals surface area contributed by atoms with Crippen LogP contribution in [0.15, 0.2) is 26.1 Å². The second kappa shape index (κ2) is 3.23. The number of hydrogen-bond donors (Lipinski definition) is 1. The van der Waals surface area contributed by atoms with E-state index < -0.39 is 11.4 Å². The van der Waals surface area contributed by atoms with Crippen LogP contribution in [-0.4, -0.2) is 15.6 Å². The van der Waals surface area contributed by atoms with Crippen LogP contribution in [0.3, 0.4) is 0 Å². The maximum absolute atomic E-state index is 11.7. The molecule has 2 aromatic rings. The molecule has 0 bridgehead atoms. The normalized spacial score (nSPS) is 10.8. The maximum Gasteiger partial charge on any atom is 0.341 e. The first-order valence-corrected chi connectivity index (χ1v) is 4.82. The second-order valence-corrected chi connectivity index (χ2v) is 3.84. The first kappa shape index (κ1) is 9.97. The first-order valence-electron chi connectivity index (χ1n) is 4.02. The molecule has 2 heterocycles. The molecule has 2 rings (SSSR count). The van der Waals surface area contributed by atoms with Crippen molar-refractivity contribution in [3.05, 3.63) is 32.7 Å². The summed E-state index contributed by atoms with van der Waals surface area (Å²) in [5.74, 6) is -1.24. The Kier molecular flexibility index (Phi) is 2.15. The zero-order chi connectivity index (χ0) is 11.2. The van der Waals surface area contributed by atoms with Gasteiger partial charge in [-0.15, -0.1) is 0 Å². The van der Waals surface area contributed by atoms with Crippen LogP contribution >= 0.6 is 15.9 Å². The lowest BCUT2D eigenvalue weighted by Gasteiger charge is -2.00. The van der Waals surface area contributed by atoms with Gasteiger partial charge in [0, 0.05) is 19.3 Å². The minimum Gasteiger partial charge on any atom is -0.477 e. The van der Waals surface area contributed by atoms with E-state index in [1.54, 1.807) is 7.05 Å². The molecule has 0 aliphatic heterocycles.